The van der Waals surface area contributed by atoms with Crippen molar-refractivity contribution >= 4 is 5.97 Å². The van der Waals surface area contributed by atoms with E-state index < -0.39 is 5.97 Å². The summed E-state index contributed by atoms with van der Waals surface area (Å²) in [6.45, 7) is 8.66. The first-order valence-corrected chi connectivity index (χ1v) is 5.93. The van der Waals surface area contributed by atoms with Crippen LogP contribution in [0.1, 0.15) is 20.8 Å². The minimum atomic E-state index is -0.683. The number of hydrogen-bond donors (Lipinski definition) is 1. The van der Waals surface area contributed by atoms with Gasteiger partial charge in [-0.05, 0) is 11.8 Å². The molecule has 1 rings (SSSR count). The lowest BCUT2D eigenvalue weighted by Gasteiger charge is -2.47. The summed E-state index contributed by atoms with van der Waals surface area (Å²) >= 11 is 0. The van der Waals surface area contributed by atoms with Crippen LogP contribution in [0.15, 0.2) is 0 Å². The van der Waals surface area contributed by atoms with Gasteiger partial charge in [-0.25, -0.2) is 0 Å². The van der Waals surface area contributed by atoms with E-state index in [9.17, 15) is 4.79 Å². The van der Waals surface area contributed by atoms with Crippen molar-refractivity contribution < 1.29 is 14.6 Å². The third kappa shape index (κ3) is 2.95. The fourth-order valence-electron chi connectivity index (χ4n) is 2.23. The zero-order chi connectivity index (χ0) is 12.3. The van der Waals surface area contributed by atoms with Crippen LogP contribution in [0.4, 0.5) is 0 Å². The average Bonchev–Trinajstić information content (AvgIpc) is 2.13. The molecule has 1 aliphatic heterocycles. The van der Waals surface area contributed by atoms with Crippen LogP contribution < -0.4 is 0 Å². The minimum absolute atomic E-state index is 0.230. The first-order valence-electron chi connectivity index (χ1n) is 5.93. The van der Waals surface area contributed by atoms with Gasteiger partial charge in [0.25, 0.3) is 0 Å². The van der Waals surface area contributed by atoms with Crippen LogP contribution in [-0.4, -0.2) is 48.8 Å². The highest BCUT2D eigenvalue weighted by atomic mass is 16.5. The predicted molar refractivity (Wildman–Crippen MR) is 62.4 cm³/mol. The monoisotopic (exact) mass is 229 g/mol. The van der Waals surface area contributed by atoms with Crippen molar-refractivity contribution in [2.45, 2.75) is 26.8 Å². The molecule has 1 saturated heterocycles. The zero-order valence-corrected chi connectivity index (χ0v) is 10.6. The van der Waals surface area contributed by atoms with E-state index in [4.69, 9.17) is 9.84 Å². The zero-order valence-electron chi connectivity index (χ0n) is 10.6. The Labute approximate surface area is 97.6 Å². The molecule has 4 nitrogen and oxygen atoms in total. The second kappa shape index (κ2) is 5.64. The lowest BCUT2D eigenvalue weighted by atomic mass is 9.84. The van der Waals surface area contributed by atoms with Crippen molar-refractivity contribution in [2.75, 3.05) is 26.8 Å². The highest BCUT2D eigenvalue weighted by Gasteiger charge is 2.38. The Hall–Kier alpha value is -0.610. The van der Waals surface area contributed by atoms with E-state index in [1.54, 1.807) is 14.0 Å². The Bertz CT molecular complexity index is 236. The number of aliphatic carboxylic acids is 1. The van der Waals surface area contributed by atoms with Gasteiger partial charge in [-0.3, -0.25) is 9.69 Å². The Morgan fingerprint density at radius 2 is 2.00 bits per heavy atom. The number of likely N-dealkylation sites (tertiary alicyclic amines) is 1. The second-order valence-corrected chi connectivity index (χ2v) is 5.11. The molecule has 1 fully saturated rings. The molecule has 0 radical (unpaired) electrons. The number of rotatable bonds is 6. The molecule has 0 saturated carbocycles. The average molecular weight is 229 g/mol. The van der Waals surface area contributed by atoms with E-state index in [1.807, 2.05) is 0 Å². The van der Waals surface area contributed by atoms with Crippen molar-refractivity contribution in [3.63, 3.8) is 0 Å². The fraction of sp³-hybridized carbons (Fsp3) is 0.917. The van der Waals surface area contributed by atoms with Gasteiger partial charge in [-0.15, -0.1) is 0 Å². The van der Waals surface area contributed by atoms with Crippen LogP contribution in [0.25, 0.3) is 0 Å². The van der Waals surface area contributed by atoms with Gasteiger partial charge in [0, 0.05) is 26.2 Å². The number of hydrogen-bond acceptors (Lipinski definition) is 3. The van der Waals surface area contributed by atoms with Crippen LogP contribution in [0.5, 0.6) is 0 Å². The van der Waals surface area contributed by atoms with Crippen molar-refractivity contribution in [1.29, 1.82) is 0 Å². The maximum Gasteiger partial charge on any atom is 0.306 e. The number of methoxy groups -OCH3 is 1. The maximum absolute atomic E-state index is 10.8. The van der Waals surface area contributed by atoms with Gasteiger partial charge < -0.3 is 9.84 Å². The molecule has 0 aromatic carbocycles. The van der Waals surface area contributed by atoms with E-state index in [1.165, 1.54) is 0 Å². The molecule has 0 aromatic heterocycles. The molecule has 0 bridgehead atoms. The summed E-state index contributed by atoms with van der Waals surface area (Å²) in [5.74, 6) is -0.0688. The summed E-state index contributed by atoms with van der Waals surface area (Å²) in [7, 11) is 1.71. The van der Waals surface area contributed by atoms with Gasteiger partial charge in [0.2, 0.25) is 0 Å². The summed E-state index contributed by atoms with van der Waals surface area (Å²) in [6.07, 6.45) is 0. The van der Waals surface area contributed by atoms with Gasteiger partial charge >= 0.3 is 5.97 Å². The van der Waals surface area contributed by atoms with Crippen LogP contribution in [-0.2, 0) is 9.53 Å². The van der Waals surface area contributed by atoms with Gasteiger partial charge in [0.15, 0.2) is 0 Å². The maximum atomic E-state index is 10.8. The van der Waals surface area contributed by atoms with E-state index in [-0.39, 0.29) is 5.92 Å². The molecule has 1 N–H and O–H groups in total. The molecule has 0 amide bonds. The van der Waals surface area contributed by atoms with E-state index in [2.05, 4.69) is 18.7 Å². The summed E-state index contributed by atoms with van der Waals surface area (Å²) in [5.41, 5.74) is 0. The van der Waals surface area contributed by atoms with Crippen molar-refractivity contribution in [2.24, 2.45) is 17.8 Å². The Morgan fingerprint density at radius 1 is 1.44 bits per heavy atom. The number of carbonyl (C=O) groups is 1. The highest BCUT2D eigenvalue weighted by molar-refractivity contribution is 5.70. The Balaban J connectivity index is 2.41. The van der Waals surface area contributed by atoms with Crippen LogP contribution in [0.2, 0.25) is 0 Å². The van der Waals surface area contributed by atoms with Gasteiger partial charge in [-0.2, -0.15) is 0 Å². The highest BCUT2D eigenvalue weighted by Crippen LogP contribution is 2.28. The molecule has 0 aliphatic carbocycles. The Morgan fingerprint density at radius 3 is 2.38 bits per heavy atom. The molecule has 0 aromatic rings. The SMILES string of the molecule is COCC(C(C)C)N1CC(C(C)C(=O)O)C1. The third-order valence-electron chi connectivity index (χ3n) is 3.61. The number of nitrogens with zero attached hydrogens (tertiary/aromatic N) is 1. The van der Waals surface area contributed by atoms with Gasteiger partial charge in [0.05, 0.1) is 12.5 Å². The van der Waals surface area contributed by atoms with E-state index in [0.29, 0.717) is 17.9 Å². The number of carboxylic acids is 1. The standard InChI is InChI=1S/C12H23NO3/c1-8(2)11(7-16-4)13-5-10(6-13)9(3)12(14)15/h8-11H,5-7H2,1-4H3,(H,14,15). The molecule has 1 aliphatic rings. The normalized spacial score (nSPS) is 21.8. The van der Waals surface area contributed by atoms with E-state index in [0.717, 1.165) is 19.7 Å². The van der Waals surface area contributed by atoms with Gasteiger partial charge in [0.1, 0.15) is 0 Å². The molecular formula is C12H23NO3. The molecule has 0 spiro atoms. The van der Waals surface area contributed by atoms with Gasteiger partial charge in [-0.1, -0.05) is 20.8 Å². The summed E-state index contributed by atoms with van der Waals surface area (Å²) < 4.78 is 5.21. The van der Waals surface area contributed by atoms with E-state index >= 15 is 0 Å². The quantitative estimate of drug-likeness (QED) is 0.746. The van der Waals surface area contributed by atoms with Crippen molar-refractivity contribution in [3.05, 3.63) is 0 Å². The van der Waals surface area contributed by atoms with Crippen LogP contribution in [0, 0.1) is 17.8 Å². The van der Waals surface area contributed by atoms with Crippen molar-refractivity contribution in [3.8, 4) is 0 Å². The first kappa shape index (κ1) is 13.5. The number of carboxylic acid groups (broad SMARTS) is 1. The third-order valence-corrected chi connectivity index (χ3v) is 3.61. The molecule has 16 heavy (non-hydrogen) atoms. The molecule has 1 heterocycles. The topological polar surface area (TPSA) is 49.8 Å². The molecule has 94 valence electrons. The second-order valence-electron chi connectivity index (χ2n) is 5.11. The lowest BCUT2D eigenvalue weighted by molar-refractivity contribution is -0.146. The van der Waals surface area contributed by atoms with Crippen LogP contribution >= 0.6 is 0 Å². The van der Waals surface area contributed by atoms with Crippen molar-refractivity contribution in [1.82, 2.24) is 4.90 Å². The fourth-order valence-corrected chi connectivity index (χ4v) is 2.23. The summed E-state index contributed by atoms with van der Waals surface area (Å²) in [5, 5.41) is 8.91. The largest absolute Gasteiger partial charge is 0.481 e. The molecule has 4 heteroatoms. The molecule has 2 atom stereocenters. The Kier molecular flexibility index (Phi) is 4.74. The minimum Gasteiger partial charge on any atom is -0.481 e. The lowest BCUT2D eigenvalue weighted by Crippen LogP contribution is -2.57. The first-order chi connectivity index (χ1) is 7.47. The van der Waals surface area contributed by atoms with Crippen LogP contribution in [0.3, 0.4) is 0 Å². The smallest absolute Gasteiger partial charge is 0.306 e. The predicted octanol–water partition coefficient (Wildman–Crippen LogP) is 1.31. The molecule has 2 unspecified atom stereocenters. The summed E-state index contributed by atoms with van der Waals surface area (Å²) in [4.78, 5) is 13.2. The molecular weight excluding hydrogens is 206 g/mol. The number of ether oxygens (including phenoxy) is 1. The summed E-state index contributed by atoms with van der Waals surface area (Å²) in [6, 6.07) is 0.419.